The van der Waals surface area contributed by atoms with E-state index in [1.165, 1.54) is 11.1 Å². The van der Waals surface area contributed by atoms with Gasteiger partial charge in [0.15, 0.2) is 0 Å². The largest absolute Gasteiger partial charge is 0.389 e. The second kappa shape index (κ2) is 6.74. The molecule has 2 rings (SSSR count). The molecule has 2 N–H and O–H groups in total. The van der Waals surface area contributed by atoms with E-state index in [0.29, 0.717) is 24.5 Å². The first kappa shape index (κ1) is 19.9. The summed E-state index contributed by atoms with van der Waals surface area (Å²) >= 11 is 5.72. The number of aliphatic hydroxyl groups excluding tert-OH is 1. The fourth-order valence-electron chi connectivity index (χ4n) is 5.11. The number of ketones is 1. The Bertz CT molecular complexity index is 535. The minimum absolute atomic E-state index is 0.0156. The van der Waals surface area contributed by atoms with Crippen molar-refractivity contribution in [3.05, 3.63) is 11.1 Å². The van der Waals surface area contributed by atoms with Crippen molar-refractivity contribution in [3.8, 4) is 0 Å². The Labute approximate surface area is 151 Å². The molecule has 0 amide bonds. The monoisotopic (exact) mass is 356 g/mol. The molecule has 2 aliphatic carbocycles. The minimum Gasteiger partial charge on any atom is -0.389 e. The zero-order valence-electron chi connectivity index (χ0n) is 15.8. The summed E-state index contributed by atoms with van der Waals surface area (Å²) in [7, 11) is 0. The third kappa shape index (κ3) is 3.32. The number of alkyl halides is 1. The summed E-state index contributed by atoms with van der Waals surface area (Å²) in [5.41, 5.74) is 1.34. The maximum atomic E-state index is 12.4. The van der Waals surface area contributed by atoms with Crippen molar-refractivity contribution >= 4 is 17.4 Å². The highest BCUT2D eigenvalue weighted by atomic mass is 35.5. The Morgan fingerprint density at radius 3 is 2.54 bits per heavy atom. The molecule has 1 saturated carbocycles. The lowest BCUT2D eigenvalue weighted by Gasteiger charge is -2.54. The summed E-state index contributed by atoms with van der Waals surface area (Å²) in [6.07, 6.45) is 3.94. The molecular formula is C20H33ClO3. The van der Waals surface area contributed by atoms with E-state index in [4.69, 9.17) is 11.6 Å². The van der Waals surface area contributed by atoms with Gasteiger partial charge in [0.1, 0.15) is 5.78 Å². The predicted molar refractivity (Wildman–Crippen MR) is 98.1 cm³/mol. The van der Waals surface area contributed by atoms with Crippen LogP contribution >= 0.6 is 11.6 Å². The average Bonchev–Trinajstić information content (AvgIpc) is 2.49. The van der Waals surface area contributed by atoms with Gasteiger partial charge in [-0.1, -0.05) is 31.9 Å². The fourth-order valence-corrected chi connectivity index (χ4v) is 5.44. The van der Waals surface area contributed by atoms with E-state index in [2.05, 4.69) is 27.7 Å². The molecule has 138 valence electrons. The summed E-state index contributed by atoms with van der Waals surface area (Å²) in [6.45, 7) is 10.3. The molecule has 4 unspecified atom stereocenters. The van der Waals surface area contributed by atoms with Gasteiger partial charge in [-0.05, 0) is 57.3 Å². The van der Waals surface area contributed by atoms with Crippen molar-refractivity contribution in [2.75, 3.05) is 5.88 Å². The van der Waals surface area contributed by atoms with E-state index in [1.807, 2.05) is 0 Å². The number of halogens is 1. The molecule has 2 aliphatic rings. The number of aliphatic hydroxyl groups is 2. The van der Waals surface area contributed by atoms with Gasteiger partial charge < -0.3 is 10.2 Å². The predicted octanol–water partition coefficient (Wildman–Crippen LogP) is 4.24. The van der Waals surface area contributed by atoms with E-state index < -0.39 is 11.7 Å². The van der Waals surface area contributed by atoms with E-state index in [9.17, 15) is 15.0 Å². The second-order valence-corrected chi connectivity index (χ2v) is 9.25. The zero-order chi connectivity index (χ0) is 18.3. The van der Waals surface area contributed by atoms with Gasteiger partial charge in [-0.25, -0.2) is 0 Å². The third-order valence-electron chi connectivity index (χ3n) is 6.99. The number of Topliss-reactive ketones (excluding diaryl/α,β-unsaturated/α-hetero) is 1. The first-order valence-electron chi connectivity index (χ1n) is 9.15. The van der Waals surface area contributed by atoms with Crippen LogP contribution in [0.25, 0.3) is 0 Å². The molecule has 0 heterocycles. The molecular weight excluding hydrogens is 324 g/mol. The topological polar surface area (TPSA) is 57.5 Å². The van der Waals surface area contributed by atoms with Crippen molar-refractivity contribution < 1.29 is 15.0 Å². The minimum atomic E-state index is -1.18. The van der Waals surface area contributed by atoms with Crippen LogP contribution in [0.5, 0.6) is 0 Å². The molecule has 0 aromatic rings. The van der Waals surface area contributed by atoms with Gasteiger partial charge in [0.25, 0.3) is 0 Å². The highest BCUT2D eigenvalue weighted by Gasteiger charge is 2.53. The summed E-state index contributed by atoms with van der Waals surface area (Å²) < 4.78 is 0. The summed E-state index contributed by atoms with van der Waals surface area (Å²) in [4.78, 5) is 12.4. The molecule has 24 heavy (non-hydrogen) atoms. The number of fused-ring (bicyclic) bond motifs is 1. The maximum absolute atomic E-state index is 12.4. The van der Waals surface area contributed by atoms with Crippen LogP contribution in [-0.4, -0.2) is 33.6 Å². The lowest BCUT2D eigenvalue weighted by atomic mass is 9.49. The standard InChI is InChI=1S/C20H33ClO3/c1-13-6-7-15-18(2,3)16(22)9-10-19(15,4)14(13)8-11-20(5,24)17(23)12-21/h15,17,23-24H,6-12H2,1-5H3. The molecule has 0 aromatic carbocycles. The molecule has 0 aromatic heterocycles. The van der Waals surface area contributed by atoms with Crippen LogP contribution in [0.2, 0.25) is 0 Å². The normalized spacial score (nSPS) is 33.8. The van der Waals surface area contributed by atoms with E-state index >= 15 is 0 Å². The third-order valence-corrected chi connectivity index (χ3v) is 7.28. The van der Waals surface area contributed by atoms with Gasteiger partial charge in [-0.2, -0.15) is 0 Å². The summed E-state index contributed by atoms with van der Waals surface area (Å²) in [5.74, 6) is 0.771. The molecule has 4 heteroatoms. The Morgan fingerprint density at radius 2 is 1.96 bits per heavy atom. The van der Waals surface area contributed by atoms with E-state index in [0.717, 1.165) is 25.7 Å². The van der Waals surface area contributed by atoms with Crippen molar-refractivity contribution in [3.63, 3.8) is 0 Å². The number of rotatable bonds is 5. The fraction of sp³-hybridized carbons (Fsp3) is 0.850. The first-order valence-corrected chi connectivity index (χ1v) is 9.69. The Balaban J connectivity index is 2.27. The lowest BCUT2D eigenvalue weighted by Crippen LogP contribution is -2.50. The van der Waals surface area contributed by atoms with Crippen molar-refractivity contribution in [1.82, 2.24) is 0 Å². The second-order valence-electron chi connectivity index (χ2n) is 8.94. The van der Waals surface area contributed by atoms with Crippen LogP contribution < -0.4 is 0 Å². The van der Waals surface area contributed by atoms with Gasteiger partial charge in [0, 0.05) is 11.8 Å². The van der Waals surface area contributed by atoms with Crippen molar-refractivity contribution in [2.45, 2.75) is 84.8 Å². The van der Waals surface area contributed by atoms with Crippen LogP contribution in [-0.2, 0) is 4.79 Å². The van der Waals surface area contributed by atoms with Crippen LogP contribution in [0.4, 0.5) is 0 Å². The summed E-state index contributed by atoms with van der Waals surface area (Å²) in [5, 5.41) is 20.5. The molecule has 0 saturated heterocycles. The molecule has 0 bridgehead atoms. The summed E-state index contributed by atoms with van der Waals surface area (Å²) in [6, 6.07) is 0. The van der Waals surface area contributed by atoms with Gasteiger partial charge >= 0.3 is 0 Å². The maximum Gasteiger partial charge on any atom is 0.138 e. The molecule has 1 fully saturated rings. The van der Waals surface area contributed by atoms with Gasteiger partial charge in [-0.3, -0.25) is 4.79 Å². The van der Waals surface area contributed by atoms with E-state index in [1.54, 1.807) is 6.92 Å². The quantitative estimate of drug-likeness (QED) is 0.572. The van der Waals surface area contributed by atoms with Crippen LogP contribution in [0.15, 0.2) is 11.1 Å². The zero-order valence-corrected chi connectivity index (χ0v) is 16.5. The number of hydrogen-bond acceptors (Lipinski definition) is 3. The van der Waals surface area contributed by atoms with Crippen LogP contribution in [0, 0.1) is 16.7 Å². The average molecular weight is 357 g/mol. The Kier molecular flexibility index (Phi) is 5.60. The van der Waals surface area contributed by atoms with Crippen molar-refractivity contribution in [2.24, 2.45) is 16.7 Å². The lowest BCUT2D eigenvalue weighted by molar-refractivity contribution is -0.139. The van der Waals surface area contributed by atoms with Crippen molar-refractivity contribution in [1.29, 1.82) is 0 Å². The Morgan fingerprint density at radius 1 is 1.33 bits per heavy atom. The van der Waals surface area contributed by atoms with Gasteiger partial charge in [0.05, 0.1) is 17.6 Å². The smallest absolute Gasteiger partial charge is 0.138 e. The van der Waals surface area contributed by atoms with Gasteiger partial charge in [0.2, 0.25) is 0 Å². The van der Waals surface area contributed by atoms with Crippen LogP contribution in [0.3, 0.4) is 0 Å². The number of carbonyl (C=O) groups excluding carboxylic acids is 1. The first-order chi connectivity index (χ1) is 11.0. The highest BCUT2D eigenvalue weighted by Crippen LogP contribution is 2.59. The highest BCUT2D eigenvalue weighted by molar-refractivity contribution is 6.18. The van der Waals surface area contributed by atoms with E-state index in [-0.39, 0.29) is 16.7 Å². The number of hydrogen-bond donors (Lipinski definition) is 2. The van der Waals surface area contributed by atoms with Gasteiger partial charge in [-0.15, -0.1) is 11.6 Å². The molecule has 0 radical (unpaired) electrons. The number of carbonyl (C=O) groups is 1. The molecule has 0 spiro atoms. The molecule has 3 nitrogen and oxygen atoms in total. The SMILES string of the molecule is CC1=C(CCC(C)(O)C(O)CCl)C2(C)CCC(=O)C(C)(C)C2CC1. The van der Waals surface area contributed by atoms with Crippen LogP contribution in [0.1, 0.15) is 73.1 Å². The Hall–Kier alpha value is -0.380. The molecule has 0 aliphatic heterocycles. The molecule has 4 atom stereocenters. The number of allylic oxidation sites excluding steroid dienone is 2.